The molecule has 0 atom stereocenters. The number of nitrogens with zero attached hydrogens (tertiary/aromatic N) is 2. The summed E-state index contributed by atoms with van der Waals surface area (Å²) in [6, 6.07) is 8.73. The number of hydrogen-bond donors (Lipinski definition) is 1. The third-order valence-corrected chi connectivity index (χ3v) is 5.56. The third-order valence-electron chi connectivity index (χ3n) is 4.45. The van der Waals surface area contributed by atoms with Gasteiger partial charge in [0.25, 0.3) is 0 Å². The van der Waals surface area contributed by atoms with Crippen molar-refractivity contribution in [2.45, 2.75) is 44.8 Å². The van der Waals surface area contributed by atoms with E-state index in [1.54, 1.807) is 11.3 Å². The van der Waals surface area contributed by atoms with Crippen LogP contribution in [0.1, 0.15) is 46.9 Å². The Labute approximate surface area is 129 Å². The second kappa shape index (κ2) is 5.43. The van der Waals surface area contributed by atoms with E-state index in [0.29, 0.717) is 5.92 Å². The Morgan fingerprint density at radius 3 is 2.81 bits per heavy atom. The van der Waals surface area contributed by atoms with E-state index in [1.165, 1.54) is 30.4 Å². The zero-order chi connectivity index (χ0) is 14.2. The second-order valence-corrected chi connectivity index (χ2v) is 7.09. The zero-order valence-corrected chi connectivity index (χ0v) is 12.9. The Morgan fingerprint density at radius 1 is 1.24 bits per heavy atom. The Hall–Kier alpha value is -1.39. The summed E-state index contributed by atoms with van der Waals surface area (Å²) in [7, 11) is 0. The van der Waals surface area contributed by atoms with E-state index < -0.39 is 0 Å². The van der Waals surface area contributed by atoms with E-state index in [9.17, 15) is 5.11 Å². The van der Waals surface area contributed by atoms with E-state index in [0.717, 1.165) is 35.2 Å². The number of thiazole rings is 1. The fourth-order valence-corrected chi connectivity index (χ4v) is 4.17. The van der Waals surface area contributed by atoms with Crippen molar-refractivity contribution >= 4 is 16.5 Å². The first-order valence-electron chi connectivity index (χ1n) is 7.77. The van der Waals surface area contributed by atoms with Crippen molar-refractivity contribution in [2.75, 3.05) is 11.4 Å². The first-order chi connectivity index (χ1) is 10.3. The topological polar surface area (TPSA) is 36.4 Å². The van der Waals surface area contributed by atoms with Gasteiger partial charge in [-0.05, 0) is 36.8 Å². The van der Waals surface area contributed by atoms with Crippen LogP contribution in [-0.2, 0) is 19.6 Å². The average Bonchev–Trinajstić information content (AvgIpc) is 3.30. The molecular formula is C17H20N2OS. The molecule has 4 heteroatoms. The zero-order valence-electron chi connectivity index (χ0n) is 12.1. The number of aryl methyl sites for hydroxylation is 1. The van der Waals surface area contributed by atoms with E-state index in [-0.39, 0.29) is 6.61 Å². The van der Waals surface area contributed by atoms with Crippen LogP contribution < -0.4 is 4.90 Å². The quantitative estimate of drug-likeness (QED) is 0.943. The number of fused-ring (bicyclic) bond motifs is 1. The lowest BCUT2D eigenvalue weighted by Crippen LogP contribution is -2.22. The van der Waals surface area contributed by atoms with Crippen LogP contribution in [0, 0.1) is 0 Å². The molecule has 21 heavy (non-hydrogen) atoms. The molecule has 110 valence electrons. The van der Waals surface area contributed by atoms with Gasteiger partial charge in [0.2, 0.25) is 0 Å². The second-order valence-electron chi connectivity index (χ2n) is 6.03. The SMILES string of the molecule is OCc1sc(N2CCCc3ccccc3C2)nc1C1CC1. The maximum Gasteiger partial charge on any atom is 0.186 e. The predicted molar refractivity (Wildman–Crippen MR) is 85.8 cm³/mol. The lowest BCUT2D eigenvalue weighted by Gasteiger charge is -2.19. The van der Waals surface area contributed by atoms with Gasteiger partial charge in [-0.2, -0.15) is 0 Å². The molecule has 1 aliphatic heterocycles. The maximum atomic E-state index is 9.57. The summed E-state index contributed by atoms with van der Waals surface area (Å²) in [5.41, 5.74) is 4.06. The van der Waals surface area contributed by atoms with E-state index in [1.807, 2.05) is 0 Å². The van der Waals surface area contributed by atoms with Crippen LogP contribution in [0.15, 0.2) is 24.3 Å². The van der Waals surface area contributed by atoms with Gasteiger partial charge in [0.05, 0.1) is 17.2 Å². The van der Waals surface area contributed by atoms with E-state index in [2.05, 4.69) is 29.2 Å². The molecule has 1 aromatic carbocycles. The standard InChI is InChI=1S/C17H20N2OS/c20-11-15-16(13-7-8-13)18-17(21-15)19-9-3-6-12-4-1-2-5-14(12)10-19/h1-2,4-5,13,20H,3,6-11H2. The lowest BCUT2D eigenvalue weighted by atomic mass is 10.0. The Balaban J connectivity index is 1.64. The molecule has 0 bridgehead atoms. The maximum absolute atomic E-state index is 9.57. The van der Waals surface area contributed by atoms with Gasteiger partial charge >= 0.3 is 0 Å². The minimum Gasteiger partial charge on any atom is -0.391 e. The lowest BCUT2D eigenvalue weighted by molar-refractivity contribution is 0.284. The van der Waals surface area contributed by atoms with Crippen LogP contribution in [0.2, 0.25) is 0 Å². The largest absolute Gasteiger partial charge is 0.391 e. The highest BCUT2D eigenvalue weighted by Gasteiger charge is 2.30. The van der Waals surface area contributed by atoms with Crippen molar-refractivity contribution in [3.8, 4) is 0 Å². The summed E-state index contributed by atoms with van der Waals surface area (Å²) < 4.78 is 0. The molecule has 1 saturated carbocycles. The summed E-state index contributed by atoms with van der Waals surface area (Å²) in [6.45, 7) is 2.13. The molecule has 0 radical (unpaired) electrons. The van der Waals surface area contributed by atoms with Crippen LogP contribution in [0.3, 0.4) is 0 Å². The highest BCUT2D eigenvalue weighted by Crippen LogP contribution is 2.44. The molecule has 0 saturated heterocycles. The van der Waals surface area contributed by atoms with Gasteiger partial charge in [-0.1, -0.05) is 35.6 Å². The van der Waals surface area contributed by atoms with E-state index >= 15 is 0 Å². The molecule has 2 heterocycles. The van der Waals surface area contributed by atoms with Gasteiger partial charge in [0.1, 0.15) is 0 Å². The number of hydrogen-bond acceptors (Lipinski definition) is 4. The highest BCUT2D eigenvalue weighted by molar-refractivity contribution is 7.15. The fraction of sp³-hybridized carbons (Fsp3) is 0.471. The van der Waals surface area contributed by atoms with Crippen molar-refractivity contribution in [3.05, 3.63) is 46.0 Å². The molecule has 2 aromatic rings. The summed E-state index contributed by atoms with van der Waals surface area (Å²) in [5.74, 6) is 0.608. The van der Waals surface area contributed by atoms with Gasteiger partial charge in [0.15, 0.2) is 5.13 Å². The fourth-order valence-electron chi connectivity index (χ4n) is 3.14. The molecule has 0 spiro atoms. The highest BCUT2D eigenvalue weighted by atomic mass is 32.1. The summed E-state index contributed by atoms with van der Waals surface area (Å²) in [6.07, 6.45) is 4.79. The minimum absolute atomic E-state index is 0.133. The molecule has 3 nitrogen and oxygen atoms in total. The van der Waals surface area contributed by atoms with Crippen LogP contribution in [0.25, 0.3) is 0 Å². The molecule has 0 unspecified atom stereocenters. The van der Waals surface area contributed by atoms with Crippen molar-refractivity contribution < 1.29 is 5.11 Å². The molecule has 0 amide bonds. The number of aliphatic hydroxyl groups is 1. The molecule has 1 aromatic heterocycles. The first-order valence-corrected chi connectivity index (χ1v) is 8.59. The van der Waals surface area contributed by atoms with Gasteiger partial charge in [-0.3, -0.25) is 0 Å². The summed E-state index contributed by atoms with van der Waals surface area (Å²) >= 11 is 1.68. The Bertz CT molecular complexity index is 648. The molecular weight excluding hydrogens is 280 g/mol. The van der Waals surface area contributed by atoms with Crippen LogP contribution in [0.5, 0.6) is 0 Å². The van der Waals surface area contributed by atoms with Crippen molar-refractivity contribution in [1.29, 1.82) is 0 Å². The van der Waals surface area contributed by atoms with Crippen molar-refractivity contribution in [2.24, 2.45) is 0 Å². The van der Waals surface area contributed by atoms with Gasteiger partial charge < -0.3 is 10.0 Å². The molecule has 2 aliphatic rings. The monoisotopic (exact) mass is 300 g/mol. The number of aromatic nitrogens is 1. The molecule has 4 rings (SSSR count). The minimum atomic E-state index is 0.133. The van der Waals surface area contributed by atoms with E-state index in [4.69, 9.17) is 4.98 Å². The summed E-state index contributed by atoms with van der Waals surface area (Å²) in [5, 5.41) is 10.7. The van der Waals surface area contributed by atoms with Crippen LogP contribution in [-0.4, -0.2) is 16.6 Å². The summed E-state index contributed by atoms with van der Waals surface area (Å²) in [4.78, 5) is 8.33. The number of anilines is 1. The Kier molecular flexibility index (Phi) is 3.43. The predicted octanol–water partition coefficient (Wildman–Crippen LogP) is 3.47. The number of rotatable bonds is 3. The third kappa shape index (κ3) is 2.58. The smallest absolute Gasteiger partial charge is 0.186 e. The molecule has 1 N–H and O–H groups in total. The Morgan fingerprint density at radius 2 is 2.05 bits per heavy atom. The van der Waals surface area contributed by atoms with Gasteiger partial charge in [-0.25, -0.2) is 4.98 Å². The normalized spacial score (nSPS) is 18.4. The number of aliphatic hydroxyl groups excluding tert-OH is 1. The first kappa shape index (κ1) is 13.3. The van der Waals surface area contributed by atoms with Crippen molar-refractivity contribution in [3.63, 3.8) is 0 Å². The van der Waals surface area contributed by atoms with Gasteiger partial charge in [-0.15, -0.1) is 0 Å². The van der Waals surface area contributed by atoms with Crippen LogP contribution >= 0.6 is 11.3 Å². The number of benzene rings is 1. The van der Waals surface area contributed by atoms with Crippen LogP contribution in [0.4, 0.5) is 5.13 Å². The molecule has 1 fully saturated rings. The van der Waals surface area contributed by atoms with Crippen molar-refractivity contribution in [1.82, 2.24) is 4.98 Å². The average molecular weight is 300 g/mol. The van der Waals surface area contributed by atoms with Gasteiger partial charge in [0, 0.05) is 19.0 Å². The molecule has 1 aliphatic carbocycles.